The number of hydrogen-bond donors (Lipinski definition) is 1. The molecule has 0 amide bonds. The van der Waals surface area contributed by atoms with E-state index in [1.165, 1.54) is 0 Å². The van der Waals surface area contributed by atoms with E-state index in [1.807, 2.05) is 24.3 Å². The van der Waals surface area contributed by atoms with Gasteiger partial charge in [-0.05, 0) is 31.2 Å². The molecule has 21 heavy (non-hydrogen) atoms. The monoisotopic (exact) mass is 304 g/mol. The van der Waals surface area contributed by atoms with Crippen LogP contribution in [0.3, 0.4) is 0 Å². The zero-order chi connectivity index (χ0) is 14.8. The summed E-state index contributed by atoms with van der Waals surface area (Å²) in [6, 6.07) is 7.53. The molecule has 1 fully saturated rings. The molecule has 0 unspecified atom stereocenters. The average molecular weight is 304 g/mol. The van der Waals surface area contributed by atoms with Gasteiger partial charge >= 0.3 is 4.87 Å². The summed E-state index contributed by atoms with van der Waals surface area (Å²) in [5, 5.41) is 0. The number of rotatable bonds is 3. The fourth-order valence-electron chi connectivity index (χ4n) is 2.40. The number of hydrogen-bond acceptors (Lipinski definition) is 5. The second-order valence-corrected chi connectivity index (χ2v) is 5.93. The summed E-state index contributed by atoms with van der Waals surface area (Å²) in [6.45, 7) is 4.94. The van der Waals surface area contributed by atoms with Crippen LogP contribution in [0.2, 0.25) is 0 Å². The molecule has 3 rings (SSSR count). The number of morpholine rings is 1. The molecule has 0 saturated carbocycles. The number of carbonyl (C=O) groups excluding carboxylic acids is 1. The normalized spacial score (nSPS) is 15.2. The Kier molecular flexibility index (Phi) is 3.90. The summed E-state index contributed by atoms with van der Waals surface area (Å²) in [7, 11) is 0. The number of thiazole rings is 1. The molecule has 0 bridgehead atoms. The third-order valence-corrected chi connectivity index (χ3v) is 4.52. The van der Waals surface area contributed by atoms with Crippen LogP contribution in [-0.2, 0) is 4.74 Å². The van der Waals surface area contributed by atoms with E-state index in [0.717, 1.165) is 43.3 Å². The van der Waals surface area contributed by atoms with Crippen LogP contribution in [0, 0.1) is 6.92 Å². The molecule has 5 nitrogen and oxygen atoms in total. The van der Waals surface area contributed by atoms with Gasteiger partial charge in [-0.25, -0.2) is 0 Å². The van der Waals surface area contributed by atoms with Crippen molar-refractivity contribution in [2.75, 3.05) is 31.2 Å². The summed E-state index contributed by atoms with van der Waals surface area (Å²) < 4.78 is 5.33. The lowest BCUT2D eigenvalue weighted by atomic mass is 10.1. The molecule has 1 aromatic carbocycles. The summed E-state index contributed by atoms with van der Waals surface area (Å²) in [5.74, 6) is -0.107. The summed E-state index contributed by atoms with van der Waals surface area (Å²) in [4.78, 5) is 28.9. The Morgan fingerprint density at radius 2 is 1.90 bits per heavy atom. The first-order chi connectivity index (χ1) is 10.1. The Morgan fingerprint density at radius 3 is 2.48 bits per heavy atom. The smallest absolute Gasteiger partial charge is 0.305 e. The van der Waals surface area contributed by atoms with Crippen LogP contribution in [0.25, 0.3) is 0 Å². The van der Waals surface area contributed by atoms with Gasteiger partial charge in [-0.2, -0.15) is 0 Å². The molecule has 1 aromatic heterocycles. The second-order valence-electron chi connectivity index (χ2n) is 4.94. The Bertz CT molecular complexity index is 696. The summed E-state index contributed by atoms with van der Waals surface area (Å²) in [6.07, 6.45) is 0. The molecular weight excluding hydrogens is 288 g/mol. The largest absolute Gasteiger partial charge is 0.378 e. The van der Waals surface area contributed by atoms with Gasteiger partial charge in [0.05, 0.1) is 18.1 Å². The van der Waals surface area contributed by atoms with Crippen LogP contribution in [-0.4, -0.2) is 37.1 Å². The van der Waals surface area contributed by atoms with Crippen LogP contribution in [0.4, 0.5) is 5.69 Å². The number of aryl methyl sites for hydroxylation is 1. The van der Waals surface area contributed by atoms with Gasteiger partial charge in [0, 0.05) is 30.0 Å². The molecule has 0 spiro atoms. The lowest BCUT2D eigenvalue weighted by molar-refractivity contribution is 0.104. The maximum Gasteiger partial charge on any atom is 0.305 e. The first kappa shape index (κ1) is 14.0. The van der Waals surface area contributed by atoms with Crippen molar-refractivity contribution in [1.29, 1.82) is 0 Å². The number of carbonyl (C=O) groups is 1. The van der Waals surface area contributed by atoms with E-state index in [1.54, 1.807) is 6.92 Å². The maximum absolute atomic E-state index is 12.4. The highest BCUT2D eigenvalue weighted by Gasteiger charge is 2.16. The van der Waals surface area contributed by atoms with Gasteiger partial charge in [0.25, 0.3) is 0 Å². The SMILES string of the molecule is Cc1[nH]c(=O)sc1C(=O)c1ccc(N2CCOCC2)cc1. The lowest BCUT2D eigenvalue weighted by Gasteiger charge is -2.28. The van der Waals surface area contributed by atoms with Crippen LogP contribution in [0.15, 0.2) is 29.1 Å². The number of aromatic amines is 1. The van der Waals surface area contributed by atoms with Gasteiger partial charge in [-0.15, -0.1) is 0 Å². The quantitative estimate of drug-likeness (QED) is 0.879. The van der Waals surface area contributed by atoms with Crippen molar-refractivity contribution in [2.45, 2.75) is 6.92 Å². The van der Waals surface area contributed by atoms with E-state index < -0.39 is 0 Å². The minimum atomic E-state index is -0.194. The highest BCUT2D eigenvalue weighted by atomic mass is 32.1. The molecule has 1 N–H and O–H groups in total. The minimum Gasteiger partial charge on any atom is -0.378 e. The van der Waals surface area contributed by atoms with Crippen molar-refractivity contribution >= 4 is 22.8 Å². The molecule has 1 aliphatic rings. The van der Waals surface area contributed by atoms with Crippen molar-refractivity contribution in [3.63, 3.8) is 0 Å². The summed E-state index contributed by atoms with van der Waals surface area (Å²) >= 11 is 0.962. The van der Waals surface area contributed by atoms with Crippen molar-refractivity contribution in [3.05, 3.63) is 50.1 Å². The Balaban J connectivity index is 1.82. The van der Waals surface area contributed by atoms with Gasteiger partial charge in [0.1, 0.15) is 0 Å². The number of aromatic nitrogens is 1. The maximum atomic E-state index is 12.4. The Labute approximate surface area is 126 Å². The van der Waals surface area contributed by atoms with E-state index in [-0.39, 0.29) is 10.7 Å². The van der Waals surface area contributed by atoms with Gasteiger partial charge in [-0.1, -0.05) is 11.3 Å². The number of ether oxygens (including phenoxy) is 1. The molecule has 6 heteroatoms. The van der Waals surface area contributed by atoms with E-state index >= 15 is 0 Å². The summed E-state index contributed by atoms with van der Waals surface area (Å²) in [5.41, 5.74) is 2.33. The molecule has 0 atom stereocenters. The fraction of sp³-hybridized carbons (Fsp3) is 0.333. The molecule has 0 aliphatic carbocycles. The van der Waals surface area contributed by atoms with Crippen LogP contribution in [0.1, 0.15) is 20.9 Å². The van der Waals surface area contributed by atoms with Crippen molar-refractivity contribution in [1.82, 2.24) is 4.98 Å². The van der Waals surface area contributed by atoms with E-state index in [0.29, 0.717) is 16.1 Å². The van der Waals surface area contributed by atoms with Gasteiger partial charge in [0.2, 0.25) is 5.78 Å². The Morgan fingerprint density at radius 1 is 1.24 bits per heavy atom. The molecule has 1 saturated heterocycles. The van der Waals surface area contributed by atoms with Crippen molar-refractivity contribution in [2.24, 2.45) is 0 Å². The van der Waals surface area contributed by atoms with Crippen LogP contribution >= 0.6 is 11.3 Å². The number of ketones is 1. The second kappa shape index (κ2) is 5.83. The highest BCUT2D eigenvalue weighted by molar-refractivity contribution is 7.11. The standard InChI is InChI=1S/C15H16N2O3S/c1-10-14(21-15(19)16-10)13(18)11-2-4-12(5-3-11)17-6-8-20-9-7-17/h2-5H,6-9H2,1H3,(H,16,19). The predicted molar refractivity (Wildman–Crippen MR) is 82.6 cm³/mol. The van der Waals surface area contributed by atoms with Crippen LogP contribution < -0.4 is 9.77 Å². The fourth-order valence-corrected chi connectivity index (χ4v) is 3.20. The van der Waals surface area contributed by atoms with Crippen molar-refractivity contribution in [3.8, 4) is 0 Å². The molecule has 1 aliphatic heterocycles. The lowest BCUT2D eigenvalue weighted by Crippen LogP contribution is -2.36. The average Bonchev–Trinajstić information content (AvgIpc) is 2.86. The van der Waals surface area contributed by atoms with E-state index in [2.05, 4.69) is 9.88 Å². The molecular formula is C15H16N2O3S. The van der Waals surface area contributed by atoms with Gasteiger partial charge in [0.15, 0.2) is 0 Å². The number of nitrogens with zero attached hydrogens (tertiary/aromatic N) is 1. The number of nitrogens with one attached hydrogen (secondary N) is 1. The number of benzene rings is 1. The van der Waals surface area contributed by atoms with E-state index in [9.17, 15) is 9.59 Å². The molecule has 110 valence electrons. The zero-order valence-corrected chi connectivity index (χ0v) is 12.5. The highest BCUT2D eigenvalue weighted by Crippen LogP contribution is 2.20. The van der Waals surface area contributed by atoms with Gasteiger partial charge in [-0.3, -0.25) is 9.59 Å². The Hall–Kier alpha value is -1.92. The van der Waals surface area contributed by atoms with Gasteiger partial charge < -0.3 is 14.6 Å². The first-order valence-corrected chi connectivity index (χ1v) is 7.64. The molecule has 0 radical (unpaired) electrons. The third kappa shape index (κ3) is 2.91. The number of H-pyrrole nitrogens is 1. The molecule has 2 heterocycles. The topological polar surface area (TPSA) is 62.4 Å². The molecule has 2 aromatic rings. The van der Waals surface area contributed by atoms with Crippen molar-refractivity contribution < 1.29 is 9.53 Å². The predicted octanol–water partition coefficient (Wildman–Crippen LogP) is 1.81. The number of anilines is 1. The van der Waals surface area contributed by atoms with Crippen LogP contribution in [0.5, 0.6) is 0 Å². The first-order valence-electron chi connectivity index (χ1n) is 6.82. The zero-order valence-electron chi connectivity index (χ0n) is 11.7. The van der Waals surface area contributed by atoms with E-state index in [4.69, 9.17) is 4.74 Å². The minimum absolute atomic E-state index is 0.107. The third-order valence-electron chi connectivity index (χ3n) is 3.54.